The first kappa shape index (κ1) is 14.1. The van der Waals surface area contributed by atoms with Crippen LogP contribution in [0.1, 0.15) is 5.56 Å². The number of benzene rings is 1. The molecule has 2 nitrogen and oxygen atoms in total. The van der Waals surface area contributed by atoms with Gasteiger partial charge in [-0.3, -0.25) is 0 Å². The van der Waals surface area contributed by atoms with E-state index in [1.807, 2.05) is 6.07 Å². The Balaban J connectivity index is 1.99. The van der Waals surface area contributed by atoms with Gasteiger partial charge in [0.25, 0.3) is 0 Å². The van der Waals surface area contributed by atoms with Crippen molar-refractivity contribution >= 4 is 23.5 Å². The topological polar surface area (TPSA) is 21.3 Å². The summed E-state index contributed by atoms with van der Waals surface area (Å²) >= 11 is 4.19. The van der Waals surface area contributed by atoms with Crippen LogP contribution in [0.15, 0.2) is 24.3 Å². The molecule has 1 heterocycles. The summed E-state index contributed by atoms with van der Waals surface area (Å²) in [5.74, 6) is 4.80. The third-order valence-corrected chi connectivity index (χ3v) is 6.17. The SMILES string of the molecule is CNC(Cc1cccc(OC)c1)C1CSCCS1. The van der Waals surface area contributed by atoms with Gasteiger partial charge >= 0.3 is 0 Å². The van der Waals surface area contributed by atoms with Crippen LogP contribution in [0.3, 0.4) is 0 Å². The van der Waals surface area contributed by atoms with Crippen LogP contribution in [0.4, 0.5) is 0 Å². The van der Waals surface area contributed by atoms with Crippen LogP contribution >= 0.6 is 23.5 Å². The van der Waals surface area contributed by atoms with E-state index in [1.54, 1.807) is 7.11 Å². The van der Waals surface area contributed by atoms with E-state index in [0.29, 0.717) is 6.04 Å². The summed E-state index contributed by atoms with van der Waals surface area (Å²) in [6, 6.07) is 8.96. The molecule has 0 aliphatic carbocycles. The lowest BCUT2D eigenvalue weighted by Gasteiger charge is -2.29. The van der Waals surface area contributed by atoms with Crippen molar-refractivity contribution in [2.45, 2.75) is 17.7 Å². The molecule has 1 aliphatic heterocycles. The summed E-state index contributed by atoms with van der Waals surface area (Å²) in [5, 5.41) is 4.20. The minimum Gasteiger partial charge on any atom is -0.497 e. The highest BCUT2D eigenvalue weighted by atomic mass is 32.2. The molecule has 2 rings (SSSR count). The van der Waals surface area contributed by atoms with Crippen molar-refractivity contribution in [1.82, 2.24) is 5.32 Å². The zero-order valence-corrected chi connectivity index (χ0v) is 12.7. The molecule has 0 spiro atoms. The van der Waals surface area contributed by atoms with Crippen molar-refractivity contribution in [2.24, 2.45) is 0 Å². The maximum absolute atomic E-state index is 5.29. The number of hydrogen-bond donors (Lipinski definition) is 1. The zero-order valence-electron chi connectivity index (χ0n) is 11.0. The molecule has 1 aromatic rings. The van der Waals surface area contributed by atoms with Crippen LogP contribution in [-0.2, 0) is 6.42 Å². The summed E-state index contributed by atoms with van der Waals surface area (Å²) in [5.41, 5.74) is 1.35. The standard InChI is InChI=1S/C14H21NOS2/c1-15-13(14-10-17-6-7-18-14)9-11-4-3-5-12(8-11)16-2/h3-5,8,13-15H,6-7,9-10H2,1-2H3. The molecule has 2 atom stereocenters. The number of thioether (sulfide) groups is 2. The Morgan fingerprint density at radius 1 is 1.44 bits per heavy atom. The highest BCUT2D eigenvalue weighted by molar-refractivity contribution is 8.06. The molecule has 0 saturated carbocycles. The Bertz CT molecular complexity index is 367. The number of ether oxygens (including phenoxy) is 1. The maximum atomic E-state index is 5.29. The summed E-state index contributed by atoms with van der Waals surface area (Å²) in [6.07, 6.45) is 1.08. The highest BCUT2D eigenvalue weighted by Gasteiger charge is 2.23. The monoisotopic (exact) mass is 283 g/mol. The van der Waals surface area contributed by atoms with Crippen LogP contribution in [0.2, 0.25) is 0 Å². The van der Waals surface area contributed by atoms with Crippen molar-refractivity contribution in [3.8, 4) is 5.75 Å². The second-order valence-corrected chi connectivity index (χ2v) is 6.93. The van der Waals surface area contributed by atoms with Crippen LogP contribution in [0.25, 0.3) is 0 Å². The third kappa shape index (κ3) is 3.84. The molecule has 1 fully saturated rings. The van der Waals surface area contributed by atoms with Crippen LogP contribution in [0, 0.1) is 0 Å². The average Bonchev–Trinajstić information content (AvgIpc) is 2.46. The molecular weight excluding hydrogens is 262 g/mol. The molecule has 4 heteroatoms. The van der Waals surface area contributed by atoms with Crippen molar-refractivity contribution in [2.75, 3.05) is 31.4 Å². The predicted molar refractivity (Wildman–Crippen MR) is 83.1 cm³/mol. The number of rotatable bonds is 5. The third-order valence-electron chi connectivity index (χ3n) is 3.25. The van der Waals surface area contributed by atoms with Gasteiger partial charge in [0.15, 0.2) is 0 Å². The smallest absolute Gasteiger partial charge is 0.119 e. The van der Waals surface area contributed by atoms with Crippen molar-refractivity contribution < 1.29 is 4.74 Å². The lowest BCUT2D eigenvalue weighted by molar-refractivity contribution is 0.414. The fraction of sp³-hybridized carbons (Fsp3) is 0.571. The number of hydrogen-bond acceptors (Lipinski definition) is 4. The first-order chi connectivity index (χ1) is 8.83. The Kier molecular flexibility index (Phi) is 5.73. The fourth-order valence-electron chi connectivity index (χ4n) is 2.21. The van der Waals surface area contributed by atoms with Gasteiger partial charge in [0.2, 0.25) is 0 Å². The van der Waals surface area contributed by atoms with Gasteiger partial charge in [-0.25, -0.2) is 0 Å². The van der Waals surface area contributed by atoms with E-state index in [4.69, 9.17) is 4.74 Å². The molecule has 1 N–H and O–H groups in total. The van der Waals surface area contributed by atoms with Crippen LogP contribution in [-0.4, -0.2) is 42.7 Å². The van der Waals surface area contributed by atoms with Crippen molar-refractivity contribution in [1.29, 1.82) is 0 Å². The molecular formula is C14H21NOS2. The Labute approximate surface area is 118 Å². The number of nitrogens with one attached hydrogen (secondary N) is 1. The van der Waals surface area contributed by atoms with E-state index in [2.05, 4.69) is 54.1 Å². The highest BCUT2D eigenvalue weighted by Crippen LogP contribution is 2.28. The molecule has 1 aliphatic rings. The molecule has 0 radical (unpaired) electrons. The second-order valence-electron chi connectivity index (χ2n) is 4.43. The number of likely N-dealkylation sites (N-methyl/N-ethyl adjacent to an activating group) is 1. The van der Waals surface area contributed by atoms with Crippen molar-refractivity contribution in [3.63, 3.8) is 0 Å². The molecule has 1 aromatic carbocycles. The Hall–Kier alpha value is -0.320. The van der Waals surface area contributed by atoms with E-state index in [9.17, 15) is 0 Å². The largest absolute Gasteiger partial charge is 0.497 e. The van der Waals surface area contributed by atoms with Gasteiger partial charge in [-0.2, -0.15) is 23.5 Å². The van der Waals surface area contributed by atoms with Crippen LogP contribution < -0.4 is 10.1 Å². The zero-order chi connectivity index (χ0) is 12.8. The molecule has 0 amide bonds. The van der Waals surface area contributed by atoms with E-state index in [0.717, 1.165) is 17.4 Å². The minimum absolute atomic E-state index is 0.551. The van der Waals surface area contributed by atoms with Gasteiger partial charge in [-0.05, 0) is 31.2 Å². The van der Waals surface area contributed by atoms with Gasteiger partial charge in [0.1, 0.15) is 5.75 Å². The summed E-state index contributed by atoms with van der Waals surface area (Å²) < 4.78 is 5.29. The number of methoxy groups -OCH3 is 1. The maximum Gasteiger partial charge on any atom is 0.119 e. The predicted octanol–water partition coefficient (Wildman–Crippen LogP) is 2.67. The minimum atomic E-state index is 0.551. The molecule has 18 heavy (non-hydrogen) atoms. The molecule has 1 saturated heterocycles. The second kappa shape index (κ2) is 7.31. The van der Waals surface area contributed by atoms with Crippen LogP contribution in [0.5, 0.6) is 5.75 Å². The van der Waals surface area contributed by atoms with Gasteiger partial charge in [0, 0.05) is 28.6 Å². The van der Waals surface area contributed by atoms with E-state index < -0.39 is 0 Å². The lowest BCUT2D eigenvalue weighted by atomic mass is 10.0. The summed E-state index contributed by atoms with van der Waals surface area (Å²) in [4.78, 5) is 0. The fourth-order valence-corrected chi connectivity index (χ4v) is 5.14. The van der Waals surface area contributed by atoms with E-state index >= 15 is 0 Å². The van der Waals surface area contributed by atoms with Crippen molar-refractivity contribution in [3.05, 3.63) is 29.8 Å². The normalized spacial score (nSPS) is 21.6. The average molecular weight is 283 g/mol. The van der Waals surface area contributed by atoms with E-state index in [-0.39, 0.29) is 0 Å². The van der Waals surface area contributed by atoms with Gasteiger partial charge in [-0.15, -0.1) is 0 Å². The molecule has 100 valence electrons. The lowest BCUT2D eigenvalue weighted by Crippen LogP contribution is -2.40. The molecule has 2 unspecified atom stereocenters. The molecule has 0 aromatic heterocycles. The quantitative estimate of drug-likeness (QED) is 0.896. The first-order valence-corrected chi connectivity index (χ1v) is 8.53. The summed E-state index contributed by atoms with van der Waals surface area (Å²) in [7, 11) is 3.80. The molecule has 0 bridgehead atoms. The Morgan fingerprint density at radius 2 is 2.33 bits per heavy atom. The van der Waals surface area contributed by atoms with Gasteiger partial charge in [0.05, 0.1) is 7.11 Å². The first-order valence-electron chi connectivity index (χ1n) is 6.33. The Morgan fingerprint density at radius 3 is 3.00 bits per heavy atom. The van der Waals surface area contributed by atoms with Gasteiger partial charge < -0.3 is 10.1 Å². The van der Waals surface area contributed by atoms with E-state index in [1.165, 1.54) is 22.8 Å². The summed E-state index contributed by atoms with van der Waals surface area (Å²) in [6.45, 7) is 0. The van der Waals surface area contributed by atoms with Gasteiger partial charge in [-0.1, -0.05) is 12.1 Å².